The van der Waals surface area contributed by atoms with Gasteiger partial charge in [0.05, 0.1) is 13.7 Å². The largest absolute Gasteiger partial charge is 0.500 e. The first kappa shape index (κ1) is 5.50. The molecule has 2 N–H and O–H groups in total. The summed E-state index contributed by atoms with van der Waals surface area (Å²) in [5.41, 5.74) is 5.06. The van der Waals surface area contributed by atoms with Crippen LogP contribution in [-0.4, -0.2) is 13.7 Å². The van der Waals surface area contributed by atoms with E-state index in [2.05, 4.69) is 11.3 Å². The van der Waals surface area contributed by atoms with Gasteiger partial charge in [0.25, 0.3) is 0 Å². The fourth-order valence-corrected chi connectivity index (χ4v) is 0.0833. The van der Waals surface area contributed by atoms with Gasteiger partial charge >= 0.3 is 0 Å². The predicted molar refractivity (Wildman–Crippen MR) is 25.2 cm³/mol. The summed E-state index contributed by atoms with van der Waals surface area (Å²) in [6.07, 6.45) is 0. The summed E-state index contributed by atoms with van der Waals surface area (Å²) in [5, 5.41) is 0. The van der Waals surface area contributed by atoms with Gasteiger partial charge < -0.3 is 10.5 Å². The van der Waals surface area contributed by atoms with Crippen molar-refractivity contribution in [1.29, 1.82) is 0 Å². The first-order valence-electron chi connectivity index (χ1n) is 1.73. The fraction of sp³-hybridized carbons (Fsp3) is 0.500. The molecular formula is C4H9NO. The van der Waals surface area contributed by atoms with Crippen molar-refractivity contribution < 1.29 is 4.74 Å². The van der Waals surface area contributed by atoms with E-state index in [-0.39, 0.29) is 0 Å². The summed E-state index contributed by atoms with van der Waals surface area (Å²) >= 11 is 0. The highest BCUT2D eigenvalue weighted by molar-refractivity contribution is 4.81. The summed E-state index contributed by atoms with van der Waals surface area (Å²) in [5.74, 6) is 0.620. The van der Waals surface area contributed by atoms with E-state index in [9.17, 15) is 0 Å². The minimum Gasteiger partial charge on any atom is -0.500 e. The first-order chi connectivity index (χ1) is 2.81. The number of methoxy groups -OCH3 is 1. The Hall–Kier alpha value is -0.500. The van der Waals surface area contributed by atoms with Crippen molar-refractivity contribution in [2.24, 2.45) is 5.73 Å². The molecule has 0 unspecified atom stereocenters. The van der Waals surface area contributed by atoms with E-state index in [4.69, 9.17) is 5.73 Å². The highest BCUT2D eigenvalue weighted by atomic mass is 16.5. The maximum Gasteiger partial charge on any atom is 0.102 e. The van der Waals surface area contributed by atoms with Crippen LogP contribution < -0.4 is 5.73 Å². The maximum absolute atomic E-state index is 5.06. The lowest BCUT2D eigenvalue weighted by Gasteiger charge is -1.94. The van der Waals surface area contributed by atoms with Crippen LogP contribution in [0.5, 0.6) is 0 Å². The highest BCUT2D eigenvalue weighted by Crippen LogP contribution is 1.80. The van der Waals surface area contributed by atoms with Crippen molar-refractivity contribution in [3.05, 3.63) is 12.3 Å². The zero-order valence-corrected chi connectivity index (χ0v) is 3.90. The SMILES string of the molecule is C=C(CN)OC. The molecule has 6 heavy (non-hydrogen) atoms. The topological polar surface area (TPSA) is 35.2 Å². The van der Waals surface area contributed by atoms with Gasteiger partial charge in [-0.3, -0.25) is 0 Å². The number of rotatable bonds is 2. The molecular weight excluding hydrogens is 78.0 g/mol. The lowest BCUT2D eigenvalue weighted by Crippen LogP contribution is -2.02. The van der Waals surface area contributed by atoms with Gasteiger partial charge in [-0.25, -0.2) is 0 Å². The van der Waals surface area contributed by atoms with E-state index in [0.29, 0.717) is 12.3 Å². The molecule has 2 heteroatoms. The minimum atomic E-state index is 0.413. The van der Waals surface area contributed by atoms with E-state index in [1.54, 1.807) is 7.11 Å². The van der Waals surface area contributed by atoms with Crippen molar-refractivity contribution in [3.8, 4) is 0 Å². The Labute approximate surface area is 37.6 Å². The molecule has 0 saturated heterocycles. The van der Waals surface area contributed by atoms with Crippen LogP contribution in [0.2, 0.25) is 0 Å². The molecule has 0 saturated carbocycles. The normalized spacial score (nSPS) is 7.67. The Morgan fingerprint density at radius 3 is 2.50 bits per heavy atom. The van der Waals surface area contributed by atoms with Crippen LogP contribution in [0.4, 0.5) is 0 Å². The lowest BCUT2D eigenvalue weighted by atomic mass is 10.6. The molecule has 0 aliphatic carbocycles. The molecule has 0 atom stereocenters. The van der Waals surface area contributed by atoms with Gasteiger partial charge in [0.1, 0.15) is 5.76 Å². The average molecular weight is 87.1 g/mol. The Morgan fingerprint density at radius 1 is 2.00 bits per heavy atom. The van der Waals surface area contributed by atoms with Crippen LogP contribution in [0.1, 0.15) is 0 Å². The van der Waals surface area contributed by atoms with Crippen LogP contribution >= 0.6 is 0 Å². The maximum atomic E-state index is 5.06. The van der Waals surface area contributed by atoms with Gasteiger partial charge in [0.15, 0.2) is 0 Å². The molecule has 0 amide bonds. The Balaban J connectivity index is 2.99. The van der Waals surface area contributed by atoms with Crippen LogP contribution in [0.3, 0.4) is 0 Å². The van der Waals surface area contributed by atoms with Crippen LogP contribution in [0, 0.1) is 0 Å². The van der Waals surface area contributed by atoms with Crippen molar-refractivity contribution in [3.63, 3.8) is 0 Å². The Bertz CT molecular complexity index is 45.5. The van der Waals surface area contributed by atoms with E-state index in [1.807, 2.05) is 0 Å². The summed E-state index contributed by atoms with van der Waals surface area (Å²) in [7, 11) is 1.55. The molecule has 0 aliphatic heterocycles. The fourth-order valence-electron chi connectivity index (χ4n) is 0.0833. The molecule has 0 heterocycles. The Kier molecular flexibility index (Phi) is 2.50. The second kappa shape index (κ2) is 2.72. The third kappa shape index (κ3) is 1.79. The van der Waals surface area contributed by atoms with Crippen molar-refractivity contribution in [2.45, 2.75) is 0 Å². The summed E-state index contributed by atoms with van der Waals surface area (Å²) in [6.45, 7) is 3.86. The van der Waals surface area contributed by atoms with E-state index >= 15 is 0 Å². The van der Waals surface area contributed by atoms with Gasteiger partial charge in [0, 0.05) is 0 Å². The van der Waals surface area contributed by atoms with Crippen LogP contribution in [-0.2, 0) is 4.74 Å². The van der Waals surface area contributed by atoms with E-state index in [0.717, 1.165) is 0 Å². The number of hydrogen-bond donors (Lipinski definition) is 1. The number of nitrogens with two attached hydrogens (primary N) is 1. The second-order valence-electron chi connectivity index (χ2n) is 0.947. The van der Waals surface area contributed by atoms with Crippen molar-refractivity contribution in [2.75, 3.05) is 13.7 Å². The Morgan fingerprint density at radius 2 is 2.50 bits per heavy atom. The minimum absolute atomic E-state index is 0.413. The summed E-state index contributed by atoms with van der Waals surface area (Å²) in [6, 6.07) is 0. The molecule has 0 bridgehead atoms. The molecule has 2 nitrogen and oxygen atoms in total. The highest BCUT2D eigenvalue weighted by Gasteiger charge is 1.77. The molecule has 0 aliphatic rings. The third-order valence-corrected chi connectivity index (χ3v) is 0.516. The van der Waals surface area contributed by atoms with Crippen molar-refractivity contribution in [1.82, 2.24) is 0 Å². The standard InChI is InChI=1S/C4H9NO/c1-4(3-5)6-2/h1,3,5H2,2H3. The number of ether oxygens (including phenoxy) is 1. The number of hydrogen-bond acceptors (Lipinski definition) is 2. The molecule has 36 valence electrons. The van der Waals surface area contributed by atoms with Crippen LogP contribution in [0.15, 0.2) is 12.3 Å². The van der Waals surface area contributed by atoms with Crippen LogP contribution in [0.25, 0.3) is 0 Å². The van der Waals surface area contributed by atoms with Gasteiger partial charge in [-0.05, 0) is 0 Å². The van der Waals surface area contributed by atoms with Gasteiger partial charge in [-0.15, -0.1) is 0 Å². The zero-order chi connectivity index (χ0) is 4.99. The quantitative estimate of drug-likeness (QED) is 0.485. The molecule has 0 radical (unpaired) electrons. The summed E-state index contributed by atoms with van der Waals surface area (Å²) < 4.78 is 4.58. The van der Waals surface area contributed by atoms with E-state index in [1.165, 1.54) is 0 Å². The molecule has 0 aromatic carbocycles. The molecule has 0 spiro atoms. The van der Waals surface area contributed by atoms with Gasteiger partial charge in [0.2, 0.25) is 0 Å². The molecule has 0 fully saturated rings. The summed E-state index contributed by atoms with van der Waals surface area (Å²) in [4.78, 5) is 0. The van der Waals surface area contributed by atoms with Gasteiger partial charge in [-0.1, -0.05) is 6.58 Å². The smallest absolute Gasteiger partial charge is 0.102 e. The zero-order valence-electron chi connectivity index (χ0n) is 3.90. The average Bonchev–Trinajstić information content (AvgIpc) is 1.65. The monoisotopic (exact) mass is 87.1 g/mol. The third-order valence-electron chi connectivity index (χ3n) is 0.516. The van der Waals surface area contributed by atoms with Gasteiger partial charge in [-0.2, -0.15) is 0 Å². The molecule has 0 aromatic rings. The first-order valence-corrected chi connectivity index (χ1v) is 1.73. The van der Waals surface area contributed by atoms with Crippen molar-refractivity contribution >= 4 is 0 Å². The second-order valence-corrected chi connectivity index (χ2v) is 0.947. The lowest BCUT2D eigenvalue weighted by molar-refractivity contribution is 0.289. The predicted octanol–water partition coefficient (Wildman–Crippen LogP) is 0.105. The molecule has 0 aromatic heterocycles. The molecule has 0 rings (SSSR count). The van der Waals surface area contributed by atoms with E-state index < -0.39 is 0 Å².